The highest BCUT2D eigenvalue weighted by Crippen LogP contribution is 2.27. The van der Waals surface area contributed by atoms with E-state index in [1.807, 2.05) is 30.0 Å². The molecule has 0 unspecified atom stereocenters. The molecule has 2 aromatic heterocycles. The highest BCUT2D eigenvalue weighted by atomic mass is 79.9. The molecule has 0 amide bonds. The van der Waals surface area contributed by atoms with Crippen LogP contribution in [0.5, 0.6) is 0 Å². The van der Waals surface area contributed by atoms with Gasteiger partial charge in [0.15, 0.2) is 5.78 Å². The first-order valence-electron chi connectivity index (χ1n) is 6.08. The number of aromatic nitrogens is 2. The van der Waals surface area contributed by atoms with Crippen molar-refractivity contribution in [2.24, 2.45) is 0 Å². The maximum Gasteiger partial charge on any atom is 0.179 e. The lowest BCUT2D eigenvalue weighted by atomic mass is 10.1. The van der Waals surface area contributed by atoms with Crippen LogP contribution in [0.2, 0.25) is 5.02 Å². The molecule has 0 saturated heterocycles. The van der Waals surface area contributed by atoms with Gasteiger partial charge in [0, 0.05) is 11.0 Å². The van der Waals surface area contributed by atoms with Gasteiger partial charge in [-0.05, 0) is 40.7 Å². The molecule has 0 aromatic carbocycles. The Morgan fingerprint density at radius 2 is 2.26 bits per heavy atom. The number of ketones is 1. The van der Waals surface area contributed by atoms with Gasteiger partial charge in [0.2, 0.25) is 0 Å². The van der Waals surface area contributed by atoms with Crippen LogP contribution in [0.1, 0.15) is 34.9 Å². The van der Waals surface area contributed by atoms with Crippen LogP contribution in [0.15, 0.2) is 15.9 Å². The fourth-order valence-corrected chi connectivity index (χ4v) is 3.78. The van der Waals surface area contributed by atoms with Gasteiger partial charge in [-0.3, -0.25) is 9.48 Å². The van der Waals surface area contributed by atoms with Gasteiger partial charge in [-0.15, -0.1) is 11.3 Å². The fraction of sp³-hybridized carbons (Fsp3) is 0.385. The summed E-state index contributed by atoms with van der Waals surface area (Å²) in [6.45, 7) is 4.72. The van der Waals surface area contributed by atoms with Crippen LogP contribution in [0.4, 0.5) is 0 Å². The number of halogens is 2. The zero-order valence-electron chi connectivity index (χ0n) is 10.7. The molecular formula is C13H14BrClN2OS. The molecule has 0 radical (unpaired) electrons. The molecule has 2 rings (SSSR count). The molecule has 2 aromatic rings. The van der Waals surface area contributed by atoms with Gasteiger partial charge >= 0.3 is 0 Å². The normalized spacial score (nSPS) is 10.9. The smallest absolute Gasteiger partial charge is 0.179 e. The van der Waals surface area contributed by atoms with E-state index in [9.17, 15) is 4.79 Å². The second kappa shape index (κ2) is 6.20. The quantitative estimate of drug-likeness (QED) is 0.741. The summed E-state index contributed by atoms with van der Waals surface area (Å²) in [6, 6.07) is 1.88. The minimum atomic E-state index is 0.0704. The Hall–Kier alpha value is -0.650. The second-order valence-electron chi connectivity index (χ2n) is 4.07. The topological polar surface area (TPSA) is 34.9 Å². The van der Waals surface area contributed by atoms with Gasteiger partial charge in [-0.2, -0.15) is 5.10 Å². The summed E-state index contributed by atoms with van der Waals surface area (Å²) in [6.07, 6.45) is 1.06. The number of hydrogen-bond donors (Lipinski definition) is 0. The predicted molar refractivity (Wildman–Crippen MR) is 82.3 cm³/mol. The van der Waals surface area contributed by atoms with E-state index in [1.54, 1.807) is 0 Å². The van der Waals surface area contributed by atoms with Gasteiger partial charge < -0.3 is 0 Å². The van der Waals surface area contributed by atoms with Gasteiger partial charge in [-0.1, -0.05) is 18.5 Å². The van der Waals surface area contributed by atoms with E-state index >= 15 is 0 Å². The van der Waals surface area contributed by atoms with Crippen LogP contribution in [0.25, 0.3) is 0 Å². The molecule has 102 valence electrons. The van der Waals surface area contributed by atoms with Crippen molar-refractivity contribution in [1.82, 2.24) is 9.78 Å². The van der Waals surface area contributed by atoms with E-state index in [1.165, 1.54) is 11.3 Å². The van der Waals surface area contributed by atoms with Crippen LogP contribution in [0, 0.1) is 0 Å². The fourth-order valence-electron chi connectivity index (χ4n) is 1.91. The summed E-state index contributed by atoms with van der Waals surface area (Å²) >= 11 is 11.1. The van der Waals surface area contributed by atoms with Crippen molar-refractivity contribution in [3.05, 3.63) is 37.2 Å². The molecule has 0 spiro atoms. The van der Waals surface area contributed by atoms with Crippen LogP contribution >= 0.6 is 38.9 Å². The monoisotopic (exact) mass is 360 g/mol. The molecule has 0 aliphatic rings. The van der Waals surface area contributed by atoms with E-state index in [2.05, 4.69) is 21.0 Å². The lowest BCUT2D eigenvalue weighted by Crippen LogP contribution is -2.09. The van der Waals surface area contributed by atoms with Crippen LogP contribution in [0.3, 0.4) is 0 Å². The van der Waals surface area contributed by atoms with Crippen LogP contribution in [-0.2, 0) is 19.4 Å². The number of aryl methyl sites for hydroxylation is 2. The zero-order chi connectivity index (χ0) is 14.0. The molecule has 0 aliphatic heterocycles. The summed E-state index contributed by atoms with van der Waals surface area (Å²) in [5.41, 5.74) is 1.67. The van der Waals surface area contributed by atoms with Gasteiger partial charge in [-0.25, -0.2) is 0 Å². The van der Waals surface area contributed by atoms with Crippen LogP contribution < -0.4 is 0 Å². The highest BCUT2D eigenvalue weighted by Gasteiger charge is 2.20. The first-order chi connectivity index (χ1) is 9.08. The van der Waals surface area contributed by atoms with Gasteiger partial charge in [0.1, 0.15) is 0 Å². The second-order valence-corrected chi connectivity index (χ2v) is 6.22. The molecule has 0 N–H and O–H groups in total. The van der Waals surface area contributed by atoms with E-state index in [4.69, 9.17) is 11.6 Å². The minimum absolute atomic E-state index is 0.0704. The maximum atomic E-state index is 12.3. The van der Waals surface area contributed by atoms with E-state index in [0.29, 0.717) is 18.0 Å². The SMILES string of the molecule is CCc1nn(CC)c(CC(=O)c2sccc2Br)c1Cl. The first kappa shape index (κ1) is 14.8. The number of carbonyl (C=O) groups is 1. The predicted octanol–water partition coefficient (Wildman–Crippen LogP) is 4.37. The number of rotatable bonds is 5. The Labute approximate surface area is 129 Å². The summed E-state index contributed by atoms with van der Waals surface area (Å²) in [7, 11) is 0. The maximum absolute atomic E-state index is 12.3. The molecule has 19 heavy (non-hydrogen) atoms. The Kier molecular flexibility index (Phi) is 4.81. The third-order valence-corrected chi connectivity index (χ3v) is 5.21. The van der Waals surface area contributed by atoms with Crippen molar-refractivity contribution in [3.8, 4) is 0 Å². The number of hydrogen-bond acceptors (Lipinski definition) is 3. The lowest BCUT2D eigenvalue weighted by Gasteiger charge is -2.04. The minimum Gasteiger partial charge on any atom is -0.293 e. The van der Waals surface area contributed by atoms with Crippen molar-refractivity contribution in [3.63, 3.8) is 0 Å². The standard InChI is InChI=1S/C13H14BrClN2OS/c1-3-9-12(15)10(17(4-2)16-9)7-11(18)13-8(14)5-6-19-13/h5-6H,3-4,7H2,1-2H3. The molecular weight excluding hydrogens is 348 g/mol. The van der Waals surface area contributed by atoms with Crippen LogP contribution in [-0.4, -0.2) is 15.6 Å². The average molecular weight is 362 g/mol. The van der Waals surface area contributed by atoms with Crippen molar-refractivity contribution < 1.29 is 4.79 Å². The Morgan fingerprint density at radius 1 is 1.53 bits per heavy atom. The van der Waals surface area contributed by atoms with Crippen molar-refractivity contribution in [2.45, 2.75) is 33.2 Å². The Balaban J connectivity index is 2.31. The highest BCUT2D eigenvalue weighted by molar-refractivity contribution is 9.10. The molecule has 0 atom stereocenters. The molecule has 0 bridgehead atoms. The Morgan fingerprint density at radius 3 is 2.79 bits per heavy atom. The zero-order valence-corrected chi connectivity index (χ0v) is 13.9. The largest absolute Gasteiger partial charge is 0.293 e. The third kappa shape index (κ3) is 2.93. The number of thiophene rings is 1. The summed E-state index contributed by atoms with van der Waals surface area (Å²) in [5, 5.41) is 6.95. The van der Waals surface area contributed by atoms with E-state index in [0.717, 1.165) is 27.2 Å². The molecule has 0 saturated carbocycles. The van der Waals surface area contributed by atoms with Crippen molar-refractivity contribution in [2.75, 3.05) is 0 Å². The third-order valence-electron chi connectivity index (χ3n) is 2.89. The number of carbonyl (C=O) groups excluding carboxylic acids is 1. The molecule has 0 fully saturated rings. The van der Waals surface area contributed by atoms with Crippen molar-refractivity contribution in [1.29, 1.82) is 0 Å². The van der Waals surface area contributed by atoms with Gasteiger partial charge in [0.25, 0.3) is 0 Å². The summed E-state index contributed by atoms with van der Waals surface area (Å²) in [4.78, 5) is 13.0. The molecule has 0 aliphatic carbocycles. The van der Waals surface area contributed by atoms with E-state index < -0.39 is 0 Å². The summed E-state index contributed by atoms with van der Waals surface area (Å²) in [5.74, 6) is 0.0704. The lowest BCUT2D eigenvalue weighted by molar-refractivity contribution is 0.0994. The number of nitrogens with zero attached hydrogens (tertiary/aromatic N) is 2. The number of Topliss-reactive ketones (excluding diaryl/α,β-unsaturated/α-hetero) is 1. The average Bonchev–Trinajstić information content (AvgIpc) is 2.95. The first-order valence-corrected chi connectivity index (χ1v) is 8.13. The molecule has 2 heterocycles. The Bertz CT molecular complexity index is 606. The molecule has 6 heteroatoms. The van der Waals surface area contributed by atoms with Gasteiger partial charge in [0.05, 0.1) is 27.7 Å². The van der Waals surface area contributed by atoms with E-state index in [-0.39, 0.29) is 5.78 Å². The molecule has 3 nitrogen and oxygen atoms in total. The van der Waals surface area contributed by atoms with Crippen molar-refractivity contribution >= 4 is 44.7 Å². The summed E-state index contributed by atoms with van der Waals surface area (Å²) < 4.78 is 2.66.